The van der Waals surface area contributed by atoms with Gasteiger partial charge in [0.2, 0.25) is 0 Å². The van der Waals surface area contributed by atoms with Gasteiger partial charge in [0.05, 0.1) is 6.61 Å². The number of aliphatic carboxylic acids is 2. The van der Waals surface area contributed by atoms with E-state index in [0.29, 0.717) is 6.04 Å². The van der Waals surface area contributed by atoms with Gasteiger partial charge in [-0.25, -0.2) is 9.59 Å². The first-order valence-electron chi connectivity index (χ1n) is 7.25. The van der Waals surface area contributed by atoms with Crippen molar-refractivity contribution in [1.82, 2.24) is 5.32 Å². The average molecular weight is 311 g/mol. The van der Waals surface area contributed by atoms with Gasteiger partial charge in [-0.15, -0.1) is 0 Å². The molecule has 1 rings (SSSR count). The molecule has 0 spiro atoms. The largest absolute Gasteiger partial charge is 0.494 e. The van der Waals surface area contributed by atoms with E-state index in [1.54, 1.807) is 0 Å². The molecule has 0 bridgehead atoms. The van der Waals surface area contributed by atoms with Crippen LogP contribution in [0.15, 0.2) is 24.3 Å². The number of hydrogen-bond acceptors (Lipinski definition) is 4. The first-order chi connectivity index (χ1) is 10.4. The fraction of sp³-hybridized carbons (Fsp3) is 0.500. The lowest BCUT2D eigenvalue weighted by Crippen LogP contribution is -2.27. The summed E-state index contributed by atoms with van der Waals surface area (Å²) in [7, 11) is 0. The highest BCUT2D eigenvalue weighted by Crippen LogP contribution is 2.11. The van der Waals surface area contributed by atoms with Gasteiger partial charge in [0.25, 0.3) is 0 Å². The quantitative estimate of drug-likeness (QED) is 0.528. The molecule has 6 heteroatoms. The Morgan fingerprint density at radius 2 is 1.73 bits per heavy atom. The second-order valence-electron chi connectivity index (χ2n) is 4.89. The Bertz CT molecular complexity index is 432. The van der Waals surface area contributed by atoms with Crippen LogP contribution < -0.4 is 10.1 Å². The SMILES string of the molecule is CCC(C)NCCCOc1ccc(C)cc1.O=C(O)C(=O)O. The third kappa shape index (κ3) is 10.7. The van der Waals surface area contributed by atoms with Gasteiger partial charge < -0.3 is 20.3 Å². The van der Waals surface area contributed by atoms with E-state index >= 15 is 0 Å². The van der Waals surface area contributed by atoms with Crippen LogP contribution in [0.1, 0.15) is 32.3 Å². The molecular weight excluding hydrogens is 286 g/mol. The van der Waals surface area contributed by atoms with Crippen molar-refractivity contribution in [3.05, 3.63) is 29.8 Å². The van der Waals surface area contributed by atoms with Gasteiger partial charge in [-0.3, -0.25) is 0 Å². The molecule has 1 unspecified atom stereocenters. The summed E-state index contributed by atoms with van der Waals surface area (Å²) in [6.45, 7) is 8.30. The van der Waals surface area contributed by atoms with E-state index in [0.717, 1.165) is 25.3 Å². The highest BCUT2D eigenvalue weighted by atomic mass is 16.5. The number of hydrogen-bond donors (Lipinski definition) is 3. The molecule has 0 radical (unpaired) electrons. The van der Waals surface area contributed by atoms with E-state index in [1.807, 2.05) is 12.1 Å². The van der Waals surface area contributed by atoms with Crippen molar-refractivity contribution >= 4 is 11.9 Å². The van der Waals surface area contributed by atoms with Crippen LogP contribution in [-0.4, -0.2) is 41.3 Å². The molecule has 3 N–H and O–H groups in total. The van der Waals surface area contributed by atoms with Crippen LogP contribution in [0.25, 0.3) is 0 Å². The molecule has 0 saturated heterocycles. The molecule has 0 aliphatic carbocycles. The van der Waals surface area contributed by atoms with E-state index < -0.39 is 11.9 Å². The van der Waals surface area contributed by atoms with Crippen molar-refractivity contribution in [2.24, 2.45) is 0 Å². The highest BCUT2D eigenvalue weighted by molar-refractivity contribution is 6.27. The molecule has 0 heterocycles. The number of benzene rings is 1. The van der Waals surface area contributed by atoms with Crippen LogP contribution in [0.3, 0.4) is 0 Å². The Morgan fingerprint density at radius 3 is 2.18 bits per heavy atom. The van der Waals surface area contributed by atoms with Gasteiger partial charge >= 0.3 is 11.9 Å². The Kier molecular flexibility index (Phi) is 10.5. The molecule has 0 aliphatic heterocycles. The summed E-state index contributed by atoms with van der Waals surface area (Å²) in [6, 6.07) is 8.81. The Hall–Kier alpha value is -2.08. The Morgan fingerprint density at radius 1 is 1.18 bits per heavy atom. The molecule has 124 valence electrons. The zero-order chi connectivity index (χ0) is 17.0. The monoisotopic (exact) mass is 311 g/mol. The van der Waals surface area contributed by atoms with Crippen molar-refractivity contribution in [2.75, 3.05) is 13.2 Å². The maximum atomic E-state index is 9.10. The molecule has 1 aromatic rings. The zero-order valence-corrected chi connectivity index (χ0v) is 13.3. The van der Waals surface area contributed by atoms with Crippen LogP contribution in [0, 0.1) is 6.92 Å². The molecule has 0 amide bonds. The van der Waals surface area contributed by atoms with Crippen LogP contribution in [0.4, 0.5) is 0 Å². The second kappa shape index (κ2) is 11.6. The summed E-state index contributed by atoms with van der Waals surface area (Å²) in [6.07, 6.45) is 2.23. The minimum atomic E-state index is -1.82. The van der Waals surface area contributed by atoms with Gasteiger partial charge in [0.1, 0.15) is 5.75 Å². The van der Waals surface area contributed by atoms with Crippen LogP contribution >= 0.6 is 0 Å². The molecular formula is C16H25NO5. The van der Waals surface area contributed by atoms with Crippen LogP contribution in [-0.2, 0) is 9.59 Å². The molecule has 0 aliphatic rings. The maximum Gasteiger partial charge on any atom is 0.414 e. The van der Waals surface area contributed by atoms with E-state index in [-0.39, 0.29) is 0 Å². The summed E-state index contributed by atoms with van der Waals surface area (Å²) < 4.78 is 5.64. The van der Waals surface area contributed by atoms with Crippen LogP contribution in [0.2, 0.25) is 0 Å². The minimum absolute atomic E-state index is 0.611. The Balaban J connectivity index is 0.000000626. The number of rotatable bonds is 7. The number of carbonyl (C=O) groups is 2. The van der Waals surface area contributed by atoms with Gasteiger partial charge in [0.15, 0.2) is 0 Å². The molecule has 22 heavy (non-hydrogen) atoms. The summed E-state index contributed by atoms with van der Waals surface area (Å²) in [5.74, 6) is -2.68. The zero-order valence-electron chi connectivity index (χ0n) is 13.3. The maximum absolute atomic E-state index is 9.10. The number of nitrogens with one attached hydrogen (secondary N) is 1. The number of carboxylic acid groups (broad SMARTS) is 2. The average Bonchev–Trinajstić information content (AvgIpc) is 2.49. The minimum Gasteiger partial charge on any atom is -0.494 e. The Labute approximate surface area is 131 Å². The van der Waals surface area contributed by atoms with Gasteiger partial charge in [0, 0.05) is 6.04 Å². The predicted molar refractivity (Wildman–Crippen MR) is 84.3 cm³/mol. The number of aryl methyl sites for hydroxylation is 1. The normalized spacial score (nSPS) is 11.0. The van der Waals surface area contributed by atoms with Crippen molar-refractivity contribution < 1.29 is 24.5 Å². The van der Waals surface area contributed by atoms with Crippen molar-refractivity contribution in [2.45, 2.75) is 39.7 Å². The van der Waals surface area contributed by atoms with Crippen LogP contribution in [0.5, 0.6) is 5.75 Å². The topological polar surface area (TPSA) is 95.9 Å². The van der Waals surface area contributed by atoms with Gasteiger partial charge in [-0.05, 0) is 45.4 Å². The van der Waals surface area contributed by atoms with E-state index in [2.05, 4.69) is 38.2 Å². The van der Waals surface area contributed by atoms with Gasteiger partial charge in [-0.2, -0.15) is 0 Å². The molecule has 0 fully saturated rings. The van der Waals surface area contributed by atoms with Crippen molar-refractivity contribution in [3.63, 3.8) is 0 Å². The van der Waals surface area contributed by atoms with E-state index in [9.17, 15) is 0 Å². The summed E-state index contributed by atoms with van der Waals surface area (Å²) in [5, 5.41) is 18.2. The predicted octanol–water partition coefficient (Wildman–Crippen LogP) is 2.31. The number of carboxylic acids is 2. The number of ether oxygens (including phenoxy) is 1. The lowest BCUT2D eigenvalue weighted by Gasteiger charge is -2.11. The highest BCUT2D eigenvalue weighted by Gasteiger charge is 2.04. The summed E-state index contributed by atoms with van der Waals surface area (Å²) in [5.41, 5.74) is 1.27. The smallest absolute Gasteiger partial charge is 0.414 e. The first kappa shape index (κ1) is 19.9. The second-order valence-corrected chi connectivity index (χ2v) is 4.89. The molecule has 0 saturated carbocycles. The lowest BCUT2D eigenvalue weighted by molar-refractivity contribution is -0.159. The van der Waals surface area contributed by atoms with E-state index in [1.165, 1.54) is 12.0 Å². The van der Waals surface area contributed by atoms with E-state index in [4.69, 9.17) is 24.5 Å². The molecule has 6 nitrogen and oxygen atoms in total. The standard InChI is InChI=1S/C14H23NO.C2H2O4/c1-4-13(3)15-10-5-11-16-14-8-6-12(2)7-9-14;3-1(4)2(5)6/h6-9,13,15H,4-5,10-11H2,1-3H3;(H,3,4)(H,5,6). The third-order valence-corrected chi connectivity index (χ3v) is 2.90. The molecule has 1 atom stereocenters. The van der Waals surface area contributed by atoms with Crippen molar-refractivity contribution in [1.29, 1.82) is 0 Å². The first-order valence-corrected chi connectivity index (χ1v) is 7.25. The van der Waals surface area contributed by atoms with Crippen molar-refractivity contribution in [3.8, 4) is 5.75 Å². The third-order valence-electron chi connectivity index (χ3n) is 2.90. The lowest BCUT2D eigenvalue weighted by atomic mass is 10.2. The molecule has 1 aromatic carbocycles. The summed E-state index contributed by atoms with van der Waals surface area (Å²) in [4.78, 5) is 18.2. The molecule has 0 aromatic heterocycles. The fourth-order valence-corrected chi connectivity index (χ4v) is 1.39. The van der Waals surface area contributed by atoms with Gasteiger partial charge in [-0.1, -0.05) is 24.6 Å². The summed E-state index contributed by atoms with van der Waals surface area (Å²) >= 11 is 0. The fourth-order valence-electron chi connectivity index (χ4n) is 1.39.